The number of hydrogen-bond donors (Lipinski definition) is 1. The molecular formula is C28H43NO10. The molecule has 0 saturated heterocycles. The van der Waals surface area contributed by atoms with E-state index in [0.29, 0.717) is 5.56 Å². The van der Waals surface area contributed by atoms with E-state index >= 15 is 0 Å². The Balaban J connectivity index is 3.05. The normalized spacial score (nSPS) is 12.7. The number of carbonyl (C=O) groups is 4. The highest BCUT2D eigenvalue weighted by molar-refractivity contribution is 5.76. The molecule has 1 aromatic carbocycles. The minimum Gasteiger partial charge on any atom is -0.468 e. The third-order valence-corrected chi connectivity index (χ3v) is 4.53. The zero-order chi connectivity index (χ0) is 30.0. The fraction of sp³-hybridized carbons (Fsp3) is 0.643. The van der Waals surface area contributed by atoms with Crippen molar-refractivity contribution in [1.82, 2.24) is 5.32 Å². The fourth-order valence-corrected chi connectivity index (χ4v) is 3.06. The van der Waals surface area contributed by atoms with E-state index in [2.05, 4.69) is 5.32 Å². The highest BCUT2D eigenvalue weighted by atomic mass is 16.8. The third-order valence-electron chi connectivity index (χ3n) is 4.53. The monoisotopic (exact) mass is 553 g/mol. The van der Waals surface area contributed by atoms with Crippen LogP contribution in [0, 0.1) is 5.41 Å². The number of methoxy groups -OCH3 is 1. The number of benzene rings is 1. The Kier molecular flexibility index (Phi) is 12.2. The molecule has 0 fully saturated rings. The molecule has 0 aliphatic heterocycles. The van der Waals surface area contributed by atoms with Crippen molar-refractivity contribution in [3.63, 3.8) is 0 Å². The summed E-state index contributed by atoms with van der Waals surface area (Å²) in [7, 11) is 1.26. The zero-order valence-electron chi connectivity index (χ0n) is 24.7. The molecule has 1 N–H and O–H groups in total. The fourth-order valence-electron chi connectivity index (χ4n) is 3.06. The van der Waals surface area contributed by atoms with Gasteiger partial charge in [0.2, 0.25) is 0 Å². The van der Waals surface area contributed by atoms with Gasteiger partial charge in [0.15, 0.2) is 11.5 Å². The number of carbonyl (C=O) groups excluding carboxylic acids is 4. The maximum absolute atomic E-state index is 12.4. The smallest absolute Gasteiger partial charge is 0.468 e. The molecule has 39 heavy (non-hydrogen) atoms. The molecular weight excluding hydrogens is 510 g/mol. The van der Waals surface area contributed by atoms with Gasteiger partial charge in [-0.2, -0.15) is 0 Å². The minimum atomic E-state index is -1.01. The standard InChI is InChI=1S/C28H43NO10/c1-26(2,3)17-22(30)35-14-13-29-19(23(31)34-10)15-18-11-12-20(36-24(32)38-27(4,5)6)21(16-18)37-25(33)39-28(7,8)9/h11-12,16,19,29H,13-15,17H2,1-10H3/t19-/m0/s1. The molecule has 0 amide bonds. The van der Waals surface area contributed by atoms with Crippen molar-refractivity contribution in [2.45, 2.75) is 92.4 Å². The molecule has 0 bridgehead atoms. The van der Waals surface area contributed by atoms with Crippen molar-refractivity contribution in [1.29, 1.82) is 0 Å². The lowest BCUT2D eigenvalue weighted by atomic mass is 9.93. The summed E-state index contributed by atoms with van der Waals surface area (Å²) >= 11 is 0. The van der Waals surface area contributed by atoms with E-state index < -0.39 is 35.5 Å². The van der Waals surface area contributed by atoms with Gasteiger partial charge >= 0.3 is 24.2 Å². The van der Waals surface area contributed by atoms with Gasteiger partial charge in [-0.1, -0.05) is 26.8 Å². The third kappa shape index (κ3) is 15.0. The van der Waals surface area contributed by atoms with E-state index in [4.69, 9.17) is 28.4 Å². The van der Waals surface area contributed by atoms with E-state index in [-0.39, 0.29) is 48.9 Å². The van der Waals surface area contributed by atoms with Crippen LogP contribution in [0.1, 0.15) is 74.3 Å². The predicted octanol–water partition coefficient (Wildman–Crippen LogP) is 4.97. The van der Waals surface area contributed by atoms with Gasteiger partial charge in [-0.3, -0.25) is 9.59 Å². The minimum absolute atomic E-state index is 0.0675. The SMILES string of the molecule is COC(=O)[C@H](Cc1ccc(OC(=O)OC(C)(C)C)c(OC(=O)OC(C)(C)C)c1)NCCOC(=O)CC(C)(C)C. The van der Waals surface area contributed by atoms with Crippen LogP contribution in [0.15, 0.2) is 18.2 Å². The van der Waals surface area contributed by atoms with Crippen LogP contribution in [-0.4, -0.2) is 61.8 Å². The molecule has 1 aromatic rings. The molecule has 0 heterocycles. The van der Waals surface area contributed by atoms with Gasteiger partial charge in [-0.15, -0.1) is 0 Å². The van der Waals surface area contributed by atoms with E-state index in [1.165, 1.54) is 19.2 Å². The summed E-state index contributed by atoms with van der Waals surface area (Å²) in [5.74, 6) is -1.05. The first-order chi connectivity index (χ1) is 17.8. The van der Waals surface area contributed by atoms with Crippen LogP contribution in [0.3, 0.4) is 0 Å². The second-order valence-electron chi connectivity index (χ2n) is 12.1. The summed E-state index contributed by atoms with van der Waals surface area (Å²) in [5, 5.41) is 3.01. The topological polar surface area (TPSA) is 136 Å². The van der Waals surface area contributed by atoms with Gasteiger partial charge in [0.05, 0.1) is 13.5 Å². The molecule has 11 heteroatoms. The van der Waals surface area contributed by atoms with Crippen molar-refractivity contribution in [3.05, 3.63) is 23.8 Å². The summed E-state index contributed by atoms with van der Waals surface area (Å²) in [6.45, 7) is 16.2. The average molecular weight is 554 g/mol. The summed E-state index contributed by atoms with van der Waals surface area (Å²) in [5.41, 5.74) is -1.27. The summed E-state index contributed by atoms with van der Waals surface area (Å²) in [6.07, 6.45) is -1.60. The van der Waals surface area contributed by atoms with Gasteiger partial charge < -0.3 is 33.7 Å². The van der Waals surface area contributed by atoms with Crippen LogP contribution in [0.5, 0.6) is 11.5 Å². The molecule has 0 unspecified atom stereocenters. The number of ether oxygens (including phenoxy) is 6. The van der Waals surface area contributed by atoms with E-state index in [1.54, 1.807) is 47.6 Å². The summed E-state index contributed by atoms with van der Waals surface area (Å²) in [6, 6.07) is 3.66. The Morgan fingerprint density at radius 1 is 0.821 bits per heavy atom. The van der Waals surface area contributed by atoms with Crippen LogP contribution in [0.4, 0.5) is 9.59 Å². The molecule has 0 aromatic heterocycles. The molecule has 0 spiro atoms. The van der Waals surface area contributed by atoms with E-state index in [0.717, 1.165) is 0 Å². The van der Waals surface area contributed by atoms with E-state index in [1.807, 2.05) is 20.8 Å². The van der Waals surface area contributed by atoms with Crippen LogP contribution >= 0.6 is 0 Å². The molecule has 0 aliphatic carbocycles. The van der Waals surface area contributed by atoms with Gasteiger partial charge in [0.25, 0.3) is 0 Å². The Hall–Kier alpha value is -3.34. The first-order valence-corrected chi connectivity index (χ1v) is 12.7. The molecule has 11 nitrogen and oxygen atoms in total. The molecule has 0 saturated carbocycles. The Bertz CT molecular complexity index is 999. The second kappa shape index (κ2) is 14.2. The molecule has 0 radical (unpaired) electrons. The lowest BCUT2D eigenvalue weighted by molar-refractivity contribution is -0.145. The Morgan fingerprint density at radius 3 is 1.85 bits per heavy atom. The first-order valence-electron chi connectivity index (χ1n) is 12.7. The quantitative estimate of drug-likeness (QED) is 0.182. The maximum atomic E-state index is 12.4. The highest BCUT2D eigenvalue weighted by Gasteiger charge is 2.25. The molecule has 220 valence electrons. The van der Waals surface area contributed by atoms with Crippen LogP contribution in [0.25, 0.3) is 0 Å². The number of rotatable bonds is 10. The predicted molar refractivity (Wildman–Crippen MR) is 143 cm³/mol. The summed E-state index contributed by atoms with van der Waals surface area (Å²) < 4.78 is 31.1. The van der Waals surface area contributed by atoms with Crippen molar-refractivity contribution < 1.29 is 47.6 Å². The molecule has 1 atom stereocenters. The number of hydrogen-bond acceptors (Lipinski definition) is 11. The zero-order valence-corrected chi connectivity index (χ0v) is 24.7. The van der Waals surface area contributed by atoms with E-state index in [9.17, 15) is 19.2 Å². The van der Waals surface area contributed by atoms with Crippen LogP contribution < -0.4 is 14.8 Å². The van der Waals surface area contributed by atoms with Gasteiger partial charge in [0, 0.05) is 6.54 Å². The van der Waals surface area contributed by atoms with Crippen LogP contribution in [-0.2, 0) is 35.0 Å². The highest BCUT2D eigenvalue weighted by Crippen LogP contribution is 2.31. The Labute approximate surface area is 230 Å². The molecule has 1 rings (SSSR count). The Morgan fingerprint density at radius 2 is 1.36 bits per heavy atom. The summed E-state index contributed by atoms with van der Waals surface area (Å²) in [4.78, 5) is 48.9. The van der Waals surface area contributed by atoms with Crippen molar-refractivity contribution in [2.24, 2.45) is 5.41 Å². The molecule has 0 aliphatic rings. The van der Waals surface area contributed by atoms with Gasteiger partial charge in [0.1, 0.15) is 23.9 Å². The lowest BCUT2D eigenvalue weighted by Crippen LogP contribution is -2.41. The maximum Gasteiger partial charge on any atom is 0.514 e. The number of esters is 2. The van der Waals surface area contributed by atoms with Crippen molar-refractivity contribution in [2.75, 3.05) is 20.3 Å². The largest absolute Gasteiger partial charge is 0.514 e. The second-order valence-corrected chi connectivity index (χ2v) is 12.1. The van der Waals surface area contributed by atoms with Gasteiger partial charge in [-0.25, -0.2) is 9.59 Å². The van der Waals surface area contributed by atoms with Crippen LogP contribution in [0.2, 0.25) is 0 Å². The van der Waals surface area contributed by atoms with Crippen molar-refractivity contribution >= 4 is 24.2 Å². The lowest BCUT2D eigenvalue weighted by Gasteiger charge is -2.21. The van der Waals surface area contributed by atoms with Gasteiger partial charge in [-0.05, 0) is 71.1 Å². The number of nitrogens with one attached hydrogen (secondary N) is 1. The average Bonchev–Trinajstić information content (AvgIpc) is 2.73. The van der Waals surface area contributed by atoms with Crippen molar-refractivity contribution in [3.8, 4) is 11.5 Å². The first kappa shape index (κ1) is 33.7.